The molecule has 6 rings (SSSR count). The van der Waals surface area contributed by atoms with E-state index >= 15 is 0 Å². The van der Waals surface area contributed by atoms with Gasteiger partial charge in [-0.15, -0.1) is 0 Å². The van der Waals surface area contributed by atoms with Crippen molar-refractivity contribution in [3.05, 3.63) is 64.7 Å². The average molecular weight is 582 g/mol. The molecule has 0 spiro atoms. The summed E-state index contributed by atoms with van der Waals surface area (Å²) in [6.07, 6.45) is 12.4. The third-order valence-corrected chi connectivity index (χ3v) is 11.6. The molecular weight excluding hydrogens is 544 g/mol. The normalized spacial score (nSPS) is 19.4. The Bertz CT molecular complexity index is 1630. The van der Waals surface area contributed by atoms with Crippen LogP contribution in [0.15, 0.2) is 52.3 Å². The van der Waals surface area contributed by atoms with Gasteiger partial charge in [-0.05, 0) is 109 Å². The van der Waals surface area contributed by atoms with E-state index in [4.69, 9.17) is 4.18 Å². The SMILES string of the molecule is O=S(=O)([O-])c1ccc(OS(=O)(=O)c2c(C3CCCC3)cc3ccccc3c2C2CCCC2)c2c1CCCCCC2. The monoisotopic (exact) mass is 581 g/mol. The van der Waals surface area contributed by atoms with Gasteiger partial charge in [-0.3, -0.25) is 0 Å². The molecule has 3 aromatic carbocycles. The highest BCUT2D eigenvalue weighted by Gasteiger charge is 2.36. The van der Waals surface area contributed by atoms with Gasteiger partial charge < -0.3 is 8.74 Å². The lowest BCUT2D eigenvalue weighted by Gasteiger charge is -2.26. The molecule has 6 nitrogen and oxygen atoms in total. The Morgan fingerprint density at radius 1 is 0.700 bits per heavy atom. The van der Waals surface area contributed by atoms with Crippen molar-refractivity contribution in [2.75, 3.05) is 0 Å². The maximum atomic E-state index is 14.5. The fourth-order valence-electron chi connectivity index (χ4n) is 7.45. The van der Waals surface area contributed by atoms with E-state index in [2.05, 4.69) is 12.1 Å². The molecule has 0 radical (unpaired) electrons. The minimum atomic E-state index is -4.70. The van der Waals surface area contributed by atoms with Crippen molar-refractivity contribution in [3.8, 4) is 5.75 Å². The highest BCUT2D eigenvalue weighted by Crippen LogP contribution is 2.47. The Labute approximate surface area is 238 Å². The van der Waals surface area contributed by atoms with E-state index in [1.807, 2.05) is 18.2 Å². The van der Waals surface area contributed by atoms with Crippen molar-refractivity contribution >= 4 is 31.0 Å². The number of fused-ring (bicyclic) bond motifs is 2. The number of rotatable bonds is 6. The van der Waals surface area contributed by atoms with Crippen LogP contribution in [0.5, 0.6) is 5.75 Å². The molecule has 214 valence electrons. The van der Waals surface area contributed by atoms with Crippen molar-refractivity contribution < 1.29 is 25.6 Å². The molecule has 8 heteroatoms. The van der Waals surface area contributed by atoms with Crippen LogP contribution >= 0.6 is 0 Å². The van der Waals surface area contributed by atoms with Gasteiger partial charge in [0, 0.05) is 5.56 Å². The molecule has 40 heavy (non-hydrogen) atoms. The predicted molar refractivity (Wildman–Crippen MR) is 154 cm³/mol. The van der Waals surface area contributed by atoms with Crippen LogP contribution in [0.25, 0.3) is 10.8 Å². The average Bonchev–Trinajstić information content (AvgIpc) is 3.62. The summed E-state index contributed by atoms with van der Waals surface area (Å²) in [7, 11) is -8.97. The second-order valence-corrected chi connectivity index (χ2v) is 14.6. The third kappa shape index (κ3) is 5.30. The topological polar surface area (TPSA) is 101 Å². The first-order chi connectivity index (χ1) is 19.2. The molecule has 2 fully saturated rings. The van der Waals surface area contributed by atoms with E-state index in [-0.39, 0.29) is 22.5 Å². The maximum absolute atomic E-state index is 14.5. The van der Waals surface area contributed by atoms with Gasteiger partial charge in [0.1, 0.15) is 20.8 Å². The summed E-state index contributed by atoms with van der Waals surface area (Å²) < 4.78 is 71.5. The first-order valence-corrected chi connectivity index (χ1v) is 17.7. The van der Waals surface area contributed by atoms with E-state index < -0.39 is 20.2 Å². The Hall–Kier alpha value is -2.42. The van der Waals surface area contributed by atoms with Crippen molar-refractivity contribution in [3.63, 3.8) is 0 Å². The third-order valence-electron chi connectivity index (χ3n) is 9.29. The van der Waals surface area contributed by atoms with Crippen LogP contribution in [0.3, 0.4) is 0 Å². The maximum Gasteiger partial charge on any atom is 0.339 e. The lowest BCUT2D eigenvalue weighted by Crippen LogP contribution is -2.19. The summed E-state index contributed by atoms with van der Waals surface area (Å²) in [5.41, 5.74) is 2.72. The summed E-state index contributed by atoms with van der Waals surface area (Å²) in [6.45, 7) is 0. The highest BCUT2D eigenvalue weighted by molar-refractivity contribution is 7.87. The molecule has 0 aromatic heterocycles. The van der Waals surface area contributed by atoms with E-state index in [1.165, 1.54) is 12.1 Å². The van der Waals surface area contributed by atoms with Gasteiger partial charge in [0.2, 0.25) is 0 Å². The fourth-order valence-corrected chi connectivity index (χ4v) is 9.74. The summed E-state index contributed by atoms with van der Waals surface area (Å²) in [5.74, 6) is 0.465. The Balaban J connectivity index is 1.55. The lowest BCUT2D eigenvalue weighted by molar-refractivity contribution is 0.459. The van der Waals surface area contributed by atoms with E-state index in [0.717, 1.165) is 98.9 Å². The summed E-state index contributed by atoms with van der Waals surface area (Å²) in [6, 6.07) is 12.8. The van der Waals surface area contributed by atoms with Gasteiger partial charge in [0.15, 0.2) is 0 Å². The van der Waals surface area contributed by atoms with Crippen LogP contribution in [0.2, 0.25) is 0 Å². The molecule has 3 aliphatic carbocycles. The first kappa shape index (κ1) is 27.7. The van der Waals surface area contributed by atoms with Crippen LogP contribution in [0.4, 0.5) is 0 Å². The van der Waals surface area contributed by atoms with Crippen LogP contribution in [0, 0.1) is 0 Å². The molecule has 0 aliphatic heterocycles. The van der Waals surface area contributed by atoms with Crippen molar-refractivity contribution in [1.29, 1.82) is 0 Å². The van der Waals surface area contributed by atoms with Gasteiger partial charge >= 0.3 is 10.1 Å². The second-order valence-electron chi connectivity index (χ2n) is 11.8. The van der Waals surface area contributed by atoms with Crippen molar-refractivity contribution in [1.82, 2.24) is 0 Å². The lowest BCUT2D eigenvalue weighted by atomic mass is 9.86. The Morgan fingerprint density at radius 3 is 2.00 bits per heavy atom. The smallest absolute Gasteiger partial charge is 0.339 e. The number of hydrogen-bond acceptors (Lipinski definition) is 6. The number of benzene rings is 3. The summed E-state index contributed by atoms with van der Waals surface area (Å²) in [5, 5.41) is 2.04. The standard InChI is InChI=1S/C32H38O6S2/c33-39(34,35)30-20-19-29(26-17-3-1-2-4-18-27(26)30)38-40(36,37)32-28(22-11-5-6-12-22)21-24-15-9-10-16-25(24)31(32)23-13-7-8-14-23/h9-10,15-16,19-23H,1-8,11-14,17-18H2,(H,33,34,35)/p-1. The molecule has 0 unspecified atom stereocenters. The zero-order chi connectivity index (χ0) is 27.9. The fraction of sp³-hybridized carbons (Fsp3) is 0.500. The molecule has 2 saturated carbocycles. The Morgan fingerprint density at radius 2 is 1.32 bits per heavy atom. The van der Waals surface area contributed by atoms with Gasteiger partial charge in [-0.25, -0.2) is 8.42 Å². The van der Waals surface area contributed by atoms with Crippen LogP contribution in [0.1, 0.15) is 111 Å². The van der Waals surface area contributed by atoms with E-state index in [1.54, 1.807) is 0 Å². The van der Waals surface area contributed by atoms with E-state index in [9.17, 15) is 21.4 Å². The quantitative estimate of drug-likeness (QED) is 0.221. The second kappa shape index (κ2) is 11.1. The summed E-state index contributed by atoms with van der Waals surface area (Å²) >= 11 is 0. The molecule has 3 aliphatic rings. The summed E-state index contributed by atoms with van der Waals surface area (Å²) in [4.78, 5) is 0.0725. The van der Waals surface area contributed by atoms with E-state index in [0.29, 0.717) is 28.9 Å². The Kier molecular flexibility index (Phi) is 7.70. The van der Waals surface area contributed by atoms with Crippen LogP contribution in [-0.4, -0.2) is 21.4 Å². The zero-order valence-corrected chi connectivity index (χ0v) is 24.5. The van der Waals surface area contributed by atoms with Crippen molar-refractivity contribution in [2.45, 2.75) is 112 Å². The molecule has 3 aromatic rings. The molecule has 0 heterocycles. The molecule has 0 atom stereocenters. The molecular formula is C32H37O6S2-. The minimum Gasteiger partial charge on any atom is -0.744 e. The first-order valence-electron chi connectivity index (χ1n) is 14.8. The number of hydrogen-bond donors (Lipinski definition) is 0. The van der Waals surface area contributed by atoms with Gasteiger partial charge in [0.25, 0.3) is 0 Å². The highest BCUT2D eigenvalue weighted by atomic mass is 32.2. The van der Waals surface area contributed by atoms with Gasteiger partial charge in [0.05, 0.1) is 4.90 Å². The molecule has 0 bridgehead atoms. The van der Waals surface area contributed by atoms with Crippen molar-refractivity contribution in [2.24, 2.45) is 0 Å². The van der Waals surface area contributed by atoms with Crippen LogP contribution < -0.4 is 4.18 Å². The molecule has 0 saturated heterocycles. The molecule has 0 N–H and O–H groups in total. The zero-order valence-electron chi connectivity index (χ0n) is 22.9. The largest absolute Gasteiger partial charge is 0.744 e. The molecule has 0 amide bonds. The minimum absolute atomic E-state index is 0.147. The predicted octanol–water partition coefficient (Wildman–Crippen LogP) is 7.49. The van der Waals surface area contributed by atoms with Crippen LogP contribution in [-0.2, 0) is 33.1 Å². The van der Waals surface area contributed by atoms with Gasteiger partial charge in [-0.2, -0.15) is 8.42 Å². The van der Waals surface area contributed by atoms with Gasteiger partial charge in [-0.1, -0.05) is 62.8 Å².